The average molecular weight is 260 g/mol. The molecule has 2 nitrogen and oxygen atoms in total. The molecule has 0 heterocycles. The maximum atomic E-state index is 6.07. The SMILES string of the molecule is Cc1cccc(C(C)C)c1NCC1CCCC(N)C1. The highest BCUT2D eigenvalue weighted by Gasteiger charge is 2.19. The van der Waals surface area contributed by atoms with E-state index in [1.165, 1.54) is 42.5 Å². The predicted octanol–water partition coefficient (Wildman–Crippen LogP) is 4.05. The fraction of sp³-hybridized carbons (Fsp3) is 0.647. The van der Waals surface area contributed by atoms with E-state index in [9.17, 15) is 0 Å². The standard InChI is InChI=1S/C17H28N2/c1-12(2)16-9-4-6-13(3)17(16)19-11-14-7-5-8-15(18)10-14/h4,6,9,12,14-15,19H,5,7-8,10-11,18H2,1-3H3. The van der Waals surface area contributed by atoms with Crippen molar-refractivity contribution >= 4 is 5.69 Å². The van der Waals surface area contributed by atoms with Crippen molar-refractivity contribution in [2.75, 3.05) is 11.9 Å². The molecule has 0 saturated heterocycles. The van der Waals surface area contributed by atoms with Crippen LogP contribution in [0.4, 0.5) is 5.69 Å². The molecule has 1 aromatic carbocycles. The summed E-state index contributed by atoms with van der Waals surface area (Å²) in [7, 11) is 0. The molecule has 0 aliphatic heterocycles. The van der Waals surface area contributed by atoms with Crippen LogP contribution in [0.2, 0.25) is 0 Å². The molecular weight excluding hydrogens is 232 g/mol. The molecule has 1 fully saturated rings. The quantitative estimate of drug-likeness (QED) is 0.857. The Morgan fingerprint density at radius 2 is 2.11 bits per heavy atom. The van der Waals surface area contributed by atoms with E-state index in [1.807, 2.05) is 0 Å². The van der Waals surface area contributed by atoms with Crippen LogP contribution in [0.15, 0.2) is 18.2 Å². The van der Waals surface area contributed by atoms with Gasteiger partial charge in [0.1, 0.15) is 0 Å². The lowest BCUT2D eigenvalue weighted by Gasteiger charge is -2.28. The predicted molar refractivity (Wildman–Crippen MR) is 83.7 cm³/mol. The number of benzene rings is 1. The first-order valence-corrected chi connectivity index (χ1v) is 7.67. The maximum Gasteiger partial charge on any atom is 0.0405 e. The largest absolute Gasteiger partial charge is 0.384 e. The van der Waals surface area contributed by atoms with E-state index in [2.05, 4.69) is 44.3 Å². The summed E-state index contributed by atoms with van der Waals surface area (Å²) in [6.07, 6.45) is 5.00. The minimum Gasteiger partial charge on any atom is -0.384 e. The molecule has 1 aliphatic carbocycles. The molecule has 0 amide bonds. The number of hydrogen-bond acceptors (Lipinski definition) is 2. The summed E-state index contributed by atoms with van der Waals surface area (Å²) in [5.74, 6) is 1.30. The molecule has 2 rings (SSSR count). The van der Waals surface area contributed by atoms with Gasteiger partial charge in [-0.15, -0.1) is 0 Å². The molecule has 0 spiro atoms. The topological polar surface area (TPSA) is 38.0 Å². The van der Waals surface area contributed by atoms with Crippen LogP contribution in [0.5, 0.6) is 0 Å². The maximum absolute atomic E-state index is 6.07. The first-order valence-electron chi connectivity index (χ1n) is 7.67. The van der Waals surface area contributed by atoms with Crippen LogP contribution in [-0.4, -0.2) is 12.6 Å². The molecule has 2 atom stereocenters. The summed E-state index contributed by atoms with van der Waals surface area (Å²) in [5.41, 5.74) is 10.2. The van der Waals surface area contributed by atoms with Crippen LogP contribution in [0, 0.1) is 12.8 Å². The molecule has 0 radical (unpaired) electrons. The number of hydrogen-bond donors (Lipinski definition) is 2. The molecule has 2 unspecified atom stereocenters. The van der Waals surface area contributed by atoms with Gasteiger partial charge in [0.05, 0.1) is 0 Å². The van der Waals surface area contributed by atoms with E-state index in [0.717, 1.165) is 12.5 Å². The van der Waals surface area contributed by atoms with Crippen molar-refractivity contribution in [2.24, 2.45) is 11.7 Å². The molecule has 0 aromatic heterocycles. The lowest BCUT2D eigenvalue weighted by Crippen LogP contribution is -2.31. The molecule has 1 saturated carbocycles. The summed E-state index contributed by atoms with van der Waals surface area (Å²) in [6, 6.07) is 7.02. The third-order valence-electron chi connectivity index (χ3n) is 4.32. The van der Waals surface area contributed by atoms with Crippen molar-refractivity contribution in [1.29, 1.82) is 0 Å². The number of anilines is 1. The molecule has 3 N–H and O–H groups in total. The van der Waals surface area contributed by atoms with Crippen molar-refractivity contribution in [1.82, 2.24) is 0 Å². The van der Waals surface area contributed by atoms with Gasteiger partial charge in [0.2, 0.25) is 0 Å². The number of aryl methyl sites for hydroxylation is 1. The first kappa shape index (κ1) is 14.4. The lowest BCUT2D eigenvalue weighted by atomic mass is 9.86. The monoisotopic (exact) mass is 260 g/mol. The van der Waals surface area contributed by atoms with Gasteiger partial charge < -0.3 is 11.1 Å². The highest BCUT2D eigenvalue weighted by Crippen LogP contribution is 2.29. The Bertz CT molecular complexity index is 412. The van der Waals surface area contributed by atoms with Gasteiger partial charge in [-0.1, -0.05) is 38.5 Å². The summed E-state index contributed by atoms with van der Waals surface area (Å²) in [5, 5.41) is 3.70. The summed E-state index contributed by atoms with van der Waals surface area (Å²) in [6.45, 7) is 7.78. The van der Waals surface area contributed by atoms with Crippen LogP contribution < -0.4 is 11.1 Å². The number of nitrogens with two attached hydrogens (primary N) is 1. The van der Waals surface area contributed by atoms with Crippen LogP contribution >= 0.6 is 0 Å². The Morgan fingerprint density at radius 3 is 2.79 bits per heavy atom. The summed E-state index contributed by atoms with van der Waals surface area (Å²) in [4.78, 5) is 0. The van der Waals surface area contributed by atoms with E-state index in [1.54, 1.807) is 0 Å². The van der Waals surface area contributed by atoms with Crippen LogP contribution in [-0.2, 0) is 0 Å². The summed E-state index contributed by atoms with van der Waals surface area (Å²) < 4.78 is 0. The first-order chi connectivity index (χ1) is 9.08. The highest BCUT2D eigenvalue weighted by molar-refractivity contribution is 5.58. The highest BCUT2D eigenvalue weighted by atomic mass is 14.9. The van der Waals surface area contributed by atoms with Crippen molar-refractivity contribution in [2.45, 2.75) is 58.4 Å². The zero-order valence-electron chi connectivity index (χ0n) is 12.6. The van der Waals surface area contributed by atoms with Crippen LogP contribution in [0.1, 0.15) is 56.6 Å². The van der Waals surface area contributed by atoms with Gasteiger partial charge >= 0.3 is 0 Å². The molecule has 106 valence electrons. The van der Waals surface area contributed by atoms with E-state index in [-0.39, 0.29) is 0 Å². The minimum absolute atomic E-state index is 0.419. The third kappa shape index (κ3) is 3.73. The zero-order valence-corrected chi connectivity index (χ0v) is 12.6. The Morgan fingerprint density at radius 1 is 1.32 bits per heavy atom. The molecule has 0 bridgehead atoms. The van der Waals surface area contributed by atoms with Gasteiger partial charge in [-0.25, -0.2) is 0 Å². The van der Waals surface area contributed by atoms with Gasteiger partial charge in [-0.2, -0.15) is 0 Å². The minimum atomic E-state index is 0.419. The molecule has 19 heavy (non-hydrogen) atoms. The van der Waals surface area contributed by atoms with Gasteiger partial charge in [-0.05, 0) is 49.1 Å². The van der Waals surface area contributed by atoms with Crippen LogP contribution in [0.25, 0.3) is 0 Å². The van der Waals surface area contributed by atoms with E-state index < -0.39 is 0 Å². The molecule has 2 heteroatoms. The van der Waals surface area contributed by atoms with E-state index in [4.69, 9.17) is 5.73 Å². The van der Waals surface area contributed by atoms with Crippen molar-refractivity contribution in [3.05, 3.63) is 29.3 Å². The lowest BCUT2D eigenvalue weighted by molar-refractivity contribution is 0.335. The molecule has 1 aliphatic rings. The Labute approximate surface area is 117 Å². The van der Waals surface area contributed by atoms with Crippen molar-refractivity contribution in [3.63, 3.8) is 0 Å². The zero-order chi connectivity index (χ0) is 13.8. The molecule has 1 aromatic rings. The number of para-hydroxylation sites is 1. The number of nitrogens with one attached hydrogen (secondary N) is 1. The van der Waals surface area contributed by atoms with Gasteiger partial charge in [0, 0.05) is 18.3 Å². The second kappa shape index (κ2) is 6.42. The second-order valence-corrected chi connectivity index (χ2v) is 6.37. The Balaban J connectivity index is 2.02. The van der Waals surface area contributed by atoms with Gasteiger partial charge in [0.25, 0.3) is 0 Å². The average Bonchev–Trinajstić information content (AvgIpc) is 2.37. The van der Waals surface area contributed by atoms with Gasteiger partial charge in [0.15, 0.2) is 0 Å². The Hall–Kier alpha value is -1.02. The Kier molecular flexibility index (Phi) is 4.87. The fourth-order valence-corrected chi connectivity index (χ4v) is 3.18. The molecular formula is C17H28N2. The van der Waals surface area contributed by atoms with Crippen molar-refractivity contribution in [3.8, 4) is 0 Å². The third-order valence-corrected chi connectivity index (χ3v) is 4.32. The number of rotatable bonds is 4. The second-order valence-electron chi connectivity index (χ2n) is 6.37. The van der Waals surface area contributed by atoms with Gasteiger partial charge in [-0.3, -0.25) is 0 Å². The van der Waals surface area contributed by atoms with Crippen LogP contribution in [0.3, 0.4) is 0 Å². The normalized spacial score (nSPS) is 23.6. The van der Waals surface area contributed by atoms with E-state index in [0.29, 0.717) is 12.0 Å². The smallest absolute Gasteiger partial charge is 0.0405 e. The van der Waals surface area contributed by atoms with E-state index >= 15 is 0 Å². The van der Waals surface area contributed by atoms with Crippen molar-refractivity contribution < 1.29 is 0 Å². The summed E-state index contributed by atoms with van der Waals surface area (Å²) >= 11 is 0. The fourth-order valence-electron chi connectivity index (χ4n) is 3.18.